The average molecular weight is 424 g/mol. The molecular weight excluding hydrogens is 402 g/mol. The minimum Gasteiger partial charge on any atom is -0.497 e. The van der Waals surface area contributed by atoms with Gasteiger partial charge >= 0.3 is 0 Å². The highest BCUT2D eigenvalue weighted by Crippen LogP contribution is 2.28. The summed E-state index contributed by atoms with van der Waals surface area (Å²) < 4.78 is 5.28. The monoisotopic (exact) mass is 423 g/mol. The van der Waals surface area contributed by atoms with Gasteiger partial charge in [0.05, 0.1) is 30.8 Å². The molecule has 1 amide bonds. The molecule has 0 saturated carbocycles. The molecule has 0 aliphatic carbocycles. The van der Waals surface area contributed by atoms with Gasteiger partial charge in [-0.05, 0) is 17.7 Å². The van der Waals surface area contributed by atoms with E-state index in [-0.39, 0.29) is 5.91 Å². The van der Waals surface area contributed by atoms with Gasteiger partial charge in [0.1, 0.15) is 10.8 Å². The lowest BCUT2D eigenvalue weighted by Crippen LogP contribution is -2.25. The van der Waals surface area contributed by atoms with Gasteiger partial charge in [-0.15, -0.1) is 23.1 Å². The van der Waals surface area contributed by atoms with Crippen molar-refractivity contribution in [3.8, 4) is 16.3 Å². The maximum Gasteiger partial charge on any atom is 0.252 e. The maximum atomic E-state index is 12.5. The average Bonchev–Trinajstić information content (AvgIpc) is 3.45. The fourth-order valence-electron chi connectivity index (χ4n) is 3.05. The number of thioether (sulfide) groups is 1. The lowest BCUT2D eigenvalue weighted by atomic mass is 10.1. The molecule has 5 nitrogen and oxygen atoms in total. The highest BCUT2D eigenvalue weighted by Gasteiger charge is 2.21. The van der Waals surface area contributed by atoms with Crippen molar-refractivity contribution in [1.82, 2.24) is 9.99 Å². The molecule has 0 N–H and O–H groups in total. The van der Waals surface area contributed by atoms with Crippen LogP contribution in [-0.2, 0) is 10.5 Å². The van der Waals surface area contributed by atoms with Crippen molar-refractivity contribution in [2.75, 3.05) is 19.4 Å². The number of methoxy groups -OCH3 is 1. The fourth-order valence-corrected chi connectivity index (χ4v) is 4.75. The number of ether oxygens (including phenoxy) is 1. The third-order valence-electron chi connectivity index (χ3n) is 4.54. The summed E-state index contributed by atoms with van der Waals surface area (Å²) in [7, 11) is 1.66. The molecule has 0 saturated heterocycles. The molecule has 4 rings (SSSR count). The Morgan fingerprint density at radius 3 is 2.83 bits per heavy atom. The Morgan fingerprint density at radius 1 is 1.17 bits per heavy atom. The number of hydrogen-bond acceptors (Lipinski definition) is 6. The topological polar surface area (TPSA) is 54.8 Å². The molecule has 2 heterocycles. The van der Waals surface area contributed by atoms with Gasteiger partial charge in [0.2, 0.25) is 0 Å². The smallest absolute Gasteiger partial charge is 0.252 e. The quantitative estimate of drug-likeness (QED) is 0.553. The normalized spacial score (nSPS) is 13.4. The largest absolute Gasteiger partial charge is 0.497 e. The second-order valence-corrected chi connectivity index (χ2v) is 8.39. The molecule has 29 heavy (non-hydrogen) atoms. The number of thiazole rings is 1. The summed E-state index contributed by atoms with van der Waals surface area (Å²) in [4.78, 5) is 17.2. The standard InChI is InChI=1S/C22H21N3O2S2/c1-27-19-9-5-8-17(12-19)22-23-18(14-29-22)13-28-15-21(26)25-11-10-20(24-25)16-6-3-2-4-7-16/h2-9,12,14H,10-11,13,15H2,1H3. The van der Waals surface area contributed by atoms with Crippen molar-refractivity contribution in [1.29, 1.82) is 0 Å². The number of aromatic nitrogens is 1. The predicted octanol–water partition coefficient (Wildman–Crippen LogP) is 4.69. The minimum atomic E-state index is 0.0455. The number of nitrogens with zero attached hydrogens (tertiary/aromatic N) is 3. The van der Waals surface area contributed by atoms with E-state index in [2.05, 4.69) is 5.10 Å². The minimum absolute atomic E-state index is 0.0455. The van der Waals surface area contributed by atoms with Crippen molar-refractivity contribution < 1.29 is 9.53 Å². The van der Waals surface area contributed by atoms with E-state index in [1.807, 2.05) is 60.0 Å². The Hall–Kier alpha value is -2.64. The molecule has 1 aromatic heterocycles. The third kappa shape index (κ3) is 4.86. The first kappa shape index (κ1) is 19.7. The Labute approximate surface area is 178 Å². The number of carbonyl (C=O) groups excluding carboxylic acids is 1. The summed E-state index contributed by atoms with van der Waals surface area (Å²) in [5, 5.41) is 9.11. The lowest BCUT2D eigenvalue weighted by molar-refractivity contribution is -0.127. The van der Waals surface area contributed by atoms with Crippen LogP contribution in [0.4, 0.5) is 0 Å². The van der Waals surface area contributed by atoms with Crippen molar-refractivity contribution in [2.24, 2.45) is 5.10 Å². The van der Waals surface area contributed by atoms with E-state index in [0.717, 1.165) is 39.7 Å². The lowest BCUT2D eigenvalue weighted by Gasteiger charge is -2.10. The number of hydrogen-bond donors (Lipinski definition) is 0. The summed E-state index contributed by atoms with van der Waals surface area (Å²) in [5.74, 6) is 1.97. The van der Waals surface area contributed by atoms with E-state index in [9.17, 15) is 4.79 Å². The van der Waals surface area contributed by atoms with Gasteiger partial charge < -0.3 is 4.74 Å². The summed E-state index contributed by atoms with van der Waals surface area (Å²) >= 11 is 3.18. The van der Waals surface area contributed by atoms with Gasteiger partial charge in [-0.25, -0.2) is 9.99 Å². The summed E-state index contributed by atoms with van der Waals surface area (Å²) in [6, 6.07) is 17.9. The first-order chi connectivity index (χ1) is 14.2. The van der Waals surface area contributed by atoms with Gasteiger partial charge in [0.25, 0.3) is 5.91 Å². The molecule has 3 aromatic rings. The van der Waals surface area contributed by atoms with Crippen LogP contribution in [0.15, 0.2) is 65.1 Å². The molecule has 0 spiro atoms. The number of benzene rings is 2. The first-order valence-electron chi connectivity index (χ1n) is 9.33. The molecule has 0 fully saturated rings. The molecule has 1 aliphatic rings. The predicted molar refractivity (Wildman–Crippen MR) is 120 cm³/mol. The van der Waals surface area contributed by atoms with Crippen LogP contribution in [0.2, 0.25) is 0 Å². The second kappa shape index (κ2) is 9.24. The van der Waals surface area contributed by atoms with Crippen LogP contribution in [0.5, 0.6) is 5.75 Å². The molecule has 0 atom stereocenters. The summed E-state index contributed by atoms with van der Waals surface area (Å²) in [6.45, 7) is 0.653. The highest BCUT2D eigenvalue weighted by molar-refractivity contribution is 7.99. The van der Waals surface area contributed by atoms with Gasteiger partial charge in [0, 0.05) is 23.1 Å². The van der Waals surface area contributed by atoms with Crippen LogP contribution in [0, 0.1) is 0 Å². The Balaban J connectivity index is 1.30. The molecular formula is C22H21N3O2S2. The van der Waals surface area contributed by atoms with Crippen molar-refractivity contribution in [3.05, 3.63) is 71.2 Å². The van der Waals surface area contributed by atoms with Crippen LogP contribution in [0.3, 0.4) is 0 Å². The zero-order valence-corrected chi connectivity index (χ0v) is 17.7. The van der Waals surface area contributed by atoms with Crippen LogP contribution >= 0.6 is 23.1 Å². The van der Waals surface area contributed by atoms with E-state index in [1.165, 1.54) is 0 Å². The van der Waals surface area contributed by atoms with E-state index in [4.69, 9.17) is 9.72 Å². The number of amides is 1. The number of carbonyl (C=O) groups is 1. The summed E-state index contributed by atoms with van der Waals surface area (Å²) in [5.41, 5.74) is 4.09. The molecule has 148 valence electrons. The van der Waals surface area contributed by atoms with Gasteiger partial charge in [-0.1, -0.05) is 42.5 Å². The van der Waals surface area contributed by atoms with Gasteiger partial charge in [0.15, 0.2) is 0 Å². The van der Waals surface area contributed by atoms with Crippen molar-refractivity contribution in [2.45, 2.75) is 12.2 Å². The molecule has 0 unspecified atom stereocenters. The zero-order chi connectivity index (χ0) is 20.1. The van der Waals surface area contributed by atoms with Crippen LogP contribution < -0.4 is 4.74 Å². The van der Waals surface area contributed by atoms with Crippen LogP contribution in [0.25, 0.3) is 10.6 Å². The molecule has 0 bridgehead atoms. The SMILES string of the molecule is COc1cccc(-c2nc(CSCC(=O)N3CCC(c4ccccc4)=N3)cs2)c1. The number of rotatable bonds is 7. The third-order valence-corrected chi connectivity index (χ3v) is 6.43. The van der Waals surface area contributed by atoms with E-state index in [1.54, 1.807) is 35.2 Å². The summed E-state index contributed by atoms with van der Waals surface area (Å²) in [6.07, 6.45) is 0.802. The first-order valence-corrected chi connectivity index (χ1v) is 11.4. The Bertz CT molecular complexity index is 1020. The second-order valence-electron chi connectivity index (χ2n) is 6.55. The zero-order valence-electron chi connectivity index (χ0n) is 16.1. The Morgan fingerprint density at radius 2 is 2.00 bits per heavy atom. The van der Waals surface area contributed by atoms with E-state index in [0.29, 0.717) is 18.1 Å². The van der Waals surface area contributed by atoms with E-state index >= 15 is 0 Å². The number of hydrazone groups is 1. The molecule has 1 aliphatic heterocycles. The van der Waals surface area contributed by atoms with Gasteiger partial charge in [-0.2, -0.15) is 5.10 Å². The molecule has 7 heteroatoms. The fraction of sp³-hybridized carbons (Fsp3) is 0.227. The molecule has 2 aromatic carbocycles. The van der Waals surface area contributed by atoms with Crippen molar-refractivity contribution >= 4 is 34.7 Å². The Kier molecular flexibility index (Phi) is 6.27. The van der Waals surface area contributed by atoms with E-state index < -0.39 is 0 Å². The van der Waals surface area contributed by atoms with Crippen LogP contribution in [-0.4, -0.2) is 41.0 Å². The van der Waals surface area contributed by atoms with Crippen molar-refractivity contribution in [3.63, 3.8) is 0 Å². The highest BCUT2D eigenvalue weighted by atomic mass is 32.2. The maximum absolute atomic E-state index is 12.5. The van der Waals surface area contributed by atoms with Gasteiger partial charge in [-0.3, -0.25) is 4.79 Å². The molecule has 0 radical (unpaired) electrons. The van der Waals surface area contributed by atoms with Crippen LogP contribution in [0.1, 0.15) is 17.7 Å².